The fraction of sp³-hybridized carbons (Fsp3) is 0.571. The molecule has 1 aromatic heterocycles. The van der Waals surface area contributed by atoms with Gasteiger partial charge in [0.05, 0.1) is 24.5 Å². The summed E-state index contributed by atoms with van der Waals surface area (Å²) in [5, 5.41) is 8.86. The Labute approximate surface area is 140 Å². The lowest BCUT2D eigenvalue weighted by molar-refractivity contribution is -0.137. The first-order chi connectivity index (χ1) is 11.2. The fourth-order valence-electron chi connectivity index (χ4n) is 2.56. The third kappa shape index (κ3) is 4.56. The van der Waals surface area contributed by atoms with Gasteiger partial charge in [0.15, 0.2) is 0 Å². The molecular formula is C14H21N3O6S. The molecule has 24 heavy (non-hydrogen) atoms. The predicted octanol–water partition coefficient (Wildman–Crippen LogP) is -0.490. The number of morpholine rings is 1. The lowest BCUT2D eigenvalue weighted by Crippen LogP contribution is -2.51. The van der Waals surface area contributed by atoms with Crippen molar-refractivity contribution >= 4 is 21.9 Å². The van der Waals surface area contributed by atoms with E-state index in [9.17, 15) is 18.0 Å². The lowest BCUT2D eigenvalue weighted by atomic mass is 10.2. The number of carboxylic acid groups (broad SMARTS) is 1. The quantitative estimate of drug-likeness (QED) is 0.707. The van der Waals surface area contributed by atoms with Gasteiger partial charge in [-0.3, -0.25) is 9.59 Å². The Morgan fingerprint density at radius 3 is 2.75 bits per heavy atom. The highest BCUT2D eigenvalue weighted by Crippen LogP contribution is 2.14. The Hall–Kier alpha value is -1.91. The maximum atomic E-state index is 12.5. The fourth-order valence-corrected chi connectivity index (χ4v) is 3.35. The molecule has 1 aliphatic heterocycles. The molecule has 1 aliphatic rings. The van der Waals surface area contributed by atoms with E-state index in [-0.39, 0.29) is 25.6 Å². The monoisotopic (exact) mass is 359 g/mol. The third-order valence-electron chi connectivity index (χ3n) is 3.80. The van der Waals surface area contributed by atoms with Crippen LogP contribution in [0.5, 0.6) is 0 Å². The van der Waals surface area contributed by atoms with Crippen LogP contribution in [0.2, 0.25) is 0 Å². The maximum absolute atomic E-state index is 12.5. The van der Waals surface area contributed by atoms with Gasteiger partial charge in [0.25, 0.3) is 5.91 Å². The number of ether oxygens (including phenoxy) is 1. The average molecular weight is 359 g/mol. The molecule has 9 nitrogen and oxygen atoms in total. The van der Waals surface area contributed by atoms with Gasteiger partial charge < -0.3 is 19.7 Å². The number of nitrogens with one attached hydrogen (secondary N) is 1. The van der Waals surface area contributed by atoms with E-state index in [1.54, 1.807) is 24.1 Å². The molecule has 0 unspecified atom stereocenters. The zero-order chi connectivity index (χ0) is 17.9. The van der Waals surface area contributed by atoms with Crippen LogP contribution < -0.4 is 0 Å². The summed E-state index contributed by atoms with van der Waals surface area (Å²) in [6.07, 6.45) is 2.06. The van der Waals surface area contributed by atoms with E-state index in [4.69, 9.17) is 9.84 Å². The normalized spacial score (nSPS) is 18.8. The van der Waals surface area contributed by atoms with Crippen molar-refractivity contribution < 1.29 is 27.9 Å². The van der Waals surface area contributed by atoms with Gasteiger partial charge in [0.1, 0.15) is 6.54 Å². The van der Waals surface area contributed by atoms with Gasteiger partial charge in [-0.2, -0.15) is 4.31 Å². The molecule has 1 aromatic rings. The second-order valence-corrected chi connectivity index (χ2v) is 7.69. The summed E-state index contributed by atoms with van der Waals surface area (Å²) >= 11 is 0. The van der Waals surface area contributed by atoms with Crippen LogP contribution in [0.15, 0.2) is 12.3 Å². The van der Waals surface area contributed by atoms with Crippen LogP contribution in [0.25, 0.3) is 0 Å². The second kappa shape index (κ2) is 7.32. The van der Waals surface area contributed by atoms with Crippen molar-refractivity contribution in [3.8, 4) is 0 Å². The van der Waals surface area contributed by atoms with Crippen LogP contribution in [0.1, 0.15) is 16.1 Å². The van der Waals surface area contributed by atoms with Crippen LogP contribution >= 0.6 is 0 Å². The number of amides is 1. The summed E-state index contributed by atoms with van der Waals surface area (Å²) in [4.78, 5) is 27.9. The molecule has 1 atom stereocenters. The first kappa shape index (κ1) is 18.4. The van der Waals surface area contributed by atoms with E-state index in [0.717, 1.165) is 16.3 Å². The standard InChI is InChI=1S/C14H21N3O6S/c1-10-12(3-4-15-10)14(20)16-5-6-23-11(7-16)8-17(9-13(18)19)24(2,21)22/h3-4,11,15H,5-9H2,1-2H3,(H,18,19)/t11-/m0/s1. The van der Waals surface area contributed by atoms with Gasteiger partial charge in [-0.1, -0.05) is 0 Å². The SMILES string of the molecule is Cc1[nH]ccc1C(=O)N1CCO[C@H](CN(CC(=O)O)S(C)(=O)=O)C1. The van der Waals surface area contributed by atoms with Crippen molar-refractivity contribution in [1.82, 2.24) is 14.2 Å². The Morgan fingerprint density at radius 2 is 2.21 bits per heavy atom. The highest BCUT2D eigenvalue weighted by molar-refractivity contribution is 7.88. The van der Waals surface area contributed by atoms with Gasteiger partial charge in [0, 0.05) is 31.5 Å². The van der Waals surface area contributed by atoms with Crippen molar-refractivity contribution in [2.75, 3.05) is 39.0 Å². The molecule has 2 rings (SSSR count). The number of aryl methyl sites for hydroxylation is 1. The van der Waals surface area contributed by atoms with Gasteiger partial charge in [0.2, 0.25) is 10.0 Å². The van der Waals surface area contributed by atoms with Gasteiger partial charge >= 0.3 is 5.97 Å². The molecule has 0 aliphatic carbocycles. The van der Waals surface area contributed by atoms with Crippen LogP contribution in [0.3, 0.4) is 0 Å². The number of rotatable bonds is 6. The number of carbonyl (C=O) groups excluding carboxylic acids is 1. The number of nitrogens with zero attached hydrogens (tertiary/aromatic N) is 2. The number of hydrogen-bond acceptors (Lipinski definition) is 5. The highest BCUT2D eigenvalue weighted by Gasteiger charge is 2.30. The predicted molar refractivity (Wildman–Crippen MR) is 85.2 cm³/mol. The van der Waals surface area contributed by atoms with Gasteiger partial charge in [-0.15, -0.1) is 0 Å². The highest BCUT2D eigenvalue weighted by atomic mass is 32.2. The van der Waals surface area contributed by atoms with Crippen LogP contribution in [0, 0.1) is 6.92 Å². The Kier molecular flexibility index (Phi) is 5.62. The molecule has 0 spiro atoms. The molecule has 10 heteroatoms. The molecule has 0 aromatic carbocycles. The van der Waals surface area contributed by atoms with Crippen molar-refractivity contribution in [3.63, 3.8) is 0 Å². The van der Waals surface area contributed by atoms with E-state index in [1.807, 2.05) is 0 Å². The number of aromatic amines is 1. The van der Waals surface area contributed by atoms with Crippen LogP contribution in [0.4, 0.5) is 0 Å². The summed E-state index contributed by atoms with van der Waals surface area (Å²) < 4.78 is 29.8. The molecule has 2 heterocycles. The van der Waals surface area contributed by atoms with E-state index in [2.05, 4.69) is 4.98 Å². The molecule has 0 radical (unpaired) electrons. The number of aliphatic carboxylic acids is 1. The zero-order valence-electron chi connectivity index (χ0n) is 13.6. The summed E-state index contributed by atoms with van der Waals surface area (Å²) in [5.41, 5.74) is 1.31. The number of aromatic nitrogens is 1. The number of H-pyrrole nitrogens is 1. The minimum absolute atomic E-state index is 0.110. The van der Waals surface area contributed by atoms with Crippen LogP contribution in [-0.4, -0.2) is 84.7 Å². The van der Waals surface area contributed by atoms with Crippen molar-refractivity contribution in [2.24, 2.45) is 0 Å². The van der Waals surface area contributed by atoms with Crippen LogP contribution in [-0.2, 0) is 19.6 Å². The van der Waals surface area contributed by atoms with Crippen molar-refractivity contribution in [1.29, 1.82) is 0 Å². The molecule has 1 amide bonds. The van der Waals surface area contributed by atoms with Gasteiger partial charge in [-0.25, -0.2) is 8.42 Å². The number of hydrogen-bond donors (Lipinski definition) is 2. The molecule has 1 fully saturated rings. The Balaban J connectivity index is 2.05. The largest absolute Gasteiger partial charge is 0.480 e. The molecule has 0 saturated carbocycles. The smallest absolute Gasteiger partial charge is 0.318 e. The number of carbonyl (C=O) groups is 2. The minimum atomic E-state index is -3.68. The molecule has 0 bridgehead atoms. The number of sulfonamides is 1. The summed E-state index contributed by atoms with van der Waals surface area (Å²) in [6.45, 7) is 1.92. The first-order valence-corrected chi connectivity index (χ1v) is 9.25. The zero-order valence-corrected chi connectivity index (χ0v) is 14.4. The van der Waals surface area contributed by atoms with Gasteiger partial charge in [-0.05, 0) is 13.0 Å². The summed E-state index contributed by atoms with van der Waals surface area (Å²) in [6, 6.07) is 1.69. The van der Waals surface area contributed by atoms with Crippen molar-refractivity contribution in [2.45, 2.75) is 13.0 Å². The van der Waals surface area contributed by atoms with E-state index >= 15 is 0 Å². The maximum Gasteiger partial charge on any atom is 0.318 e. The first-order valence-electron chi connectivity index (χ1n) is 7.40. The molecule has 2 N–H and O–H groups in total. The average Bonchev–Trinajstić information content (AvgIpc) is 2.91. The minimum Gasteiger partial charge on any atom is -0.480 e. The van der Waals surface area contributed by atoms with E-state index < -0.39 is 28.6 Å². The topological polar surface area (TPSA) is 120 Å². The van der Waals surface area contributed by atoms with E-state index in [1.165, 1.54) is 0 Å². The van der Waals surface area contributed by atoms with Crippen molar-refractivity contribution in [3.05, 3.63) is 23.5 Å². The molecular weight excluding hydrogens is 338 g/mol. The summed E-state index contributed by atoms with van der Waals surface area (Å²) in [5.74, 6) is -1.40. The Bertz CT molecular complexity index is 714. The second-order valence-electron chi connectivity index (χ2n) is 5.71. The third-order valence-corrected chi connectivity index (χ3v) is 5.01. The Morgan fingerprint density at radius 1 is 1.50 bits per heavy atom. The number of carboxylic acids is 1. The lowest BCUT2D eigenvalue weighted by Gasteiger charge is -2.34. The molecule has 1 saturated heterocycles. The summed E-state index contributed by atoms with van der Waals surface area (Å²) in [7, 11) is -3.68. The molecule has 134 valence electrons. The van der Waals surface area contributed by atoms with E-state index in [0.29, 0.717) is 12.1 Å².